The molecule has 2 N–H and O–H groups in total. The number of anilines is 2. The van der Waals surface area contributed by atoms with E-state index in [2.05, 4.69) is 15.5 Å². The van der Waals surface area contributed by atoms with Crippen molar-refractivity contribution >= 4 is 52.1 Å². The van der Waals surface area contributed by atoms with Crippen LogP contribution in [0.1, 0.15) is 30.1 Å². The van der Waals surface area contributed by atoms with E-state index in [-0.39, 0.29) is 11.0 Å². The second-order valence-electron chi connectivity index (χ2n) is 7.79. The minimum atomic E-state index is -0.402. The van der Waals surface area contributed by atoms with Crippen molar-refractivity contribution in [2.45, 2.75) is 19.8 Å². The summed E-state index contributed by atoms with van der Waals surface area (Å²) in [6.07, 6.45) is 1.41. The van der Waals surface area contributed by atoms with Crippen LogP contribution in [0.25, 0.3) is 0 Å². The van der Waals surface area contributed by atoms with Crippen LogP contribution < -0.4 is 25.0 Å². The first kappa shape index (κ1) is 25.6. The van der Waals surface area contributed by atoms with Gasteiger partial charge in [-0.3, -0.25) is 14.9 Å². The molecular formula is C24H29ClN4O4S. The Bertz CT molecular complexity index is 1040. The summed E-state index contributed by atoms with van der Waals surface area (Å²) >= 11 is 11.6. The van der Waals surface area contributed by atoms with Crippen LogP contribution in [-0.4, -0.2) is 62.2 Å². The maximum atomic E-state index is 12.8. The normalized spacial score (nSPS) is 13.3. The van der Waals surface area contributed by atoms with Crippen molar-refractivity contribution < 1.29 is 19.1 Å². The van der Waals surface area contributed by atoms with Crippen LogP contribution >= 0.6 is 23.8 Å². The third-order valence-corrected chi connectivity index (χ3v) is 5.92. The molecule has 0 atom stereocenters. The summed E-state index contributed by atoms with van der Waals surface area (Å²) in [6, 6.07) is 10.4. The van der Waals surface area contributed by atoms with Gasteiger partial charge in [-0.05, 0) is 49.0 Å². The molecule has 2 amide bonds. The Hall–Kier alpha value is -3.04. The third kappa shape index (κ3) is 6.51. The SMILES string of the molecule is CCCC(=O)N1CCN(c2ccc(Cl)cc2NC(=S)NC(=O)c2cc(OC)cc(OC)c2)CC1. The smallest absolute Gasteiger partial charge is 0.257 e. The maximum Gasteiger partial charge on any atom is 0.257 e. The van der Waals surface area contributed by atoms with Crippen molar-refractivity contribution in [1.29, 1.82) is 0 Å². The first-order valence-corrected chi connectivity index (χ1v) is 11.8. The second kappa shape index (κ2) is 11.9. The van der Waals surface area contributed by atoms with Crippen LogP contribution in [0.3, 0.4) is 0 Å². The van der Waals surface area contributed by atoms with Gasteiger partial charge in [-0.15, -0.1) is 0 Å². The number of methoxy groups -OCH3 is 2. The lowest BCUT2D eigenvalue weighted by atomic mass is 10.2. The zero-order valence-corrected chi connectivity index (χ0v) is 21.1. The quantitative estimate of drug-likeness (QED) is 0.553. The van der Waals surface area contributed by atoms with Crippen molar-refractivity contribution in [3.05, 3.63) is 47.0 Å². The maximum absolute atomic E-state index is 12.8. The highest BCUT2D eigenvalue weighted by molar-refractivity contribution is 7.80. The predicted octanol–water partition coefficient (Wildman–Crippen LogP) is 3.93. The summed E-state index contributed by atoms with van der Waals surface area (Å²) in [7, 11) is 3.03. The van der Waals surface area contributed by atoms with Crippen LogP contribution in [0, 0.1) is 0 Å². The lowest BCUT2D eigenvalue weighted by Gasteiger charge is -2.37. The van der Waals surface area contributed by atoms with Gasteiger partial charge < -0.3 is 24.6 Å². The monoisotopic (exact) mass is 504 g/mol. The molecule has 1 saturated heterocycles. The van der Waals surface area contributed by atoms with E-state index >= 15 is 0 Å². The summed E-state index contributed by atoms with van der Waals surface area (Å²) in [5, 5.41) is 6.45. The summed E-state index contributed by atoms with van der Waals surface area (Å²) < 4.78 is 10.5. The molecule has 8 nitrogen and oxygen atoms in total. The van der Waals surface area contributed by atoms with E-state index in [0.717, 1.165) is 12.1 Å². The minimum Gasteiger partial charge on any atom is -0.497 e. The van der Waals surface area contributed by atoms with Crippen LogP contribution in [-0.2, 0) is 4.79 Å². The van der Waals surface area contributed by atoms with Crippen molar-refractivity contribution in [2.24, 2.45) is 0 Å². The van der Waals surface area contributed by atoms with E-state index in [1.54, 1.807) is 30.3 Å². The summed E-state index contributed by atoms with van der Waals surface area (Å²) in [5.74, 6) is 0.783. The number of hydrogen-bond donors (Lipinski definition) is 2. The van der Waals surface area contributed by atoms with E-state index in [1.807, 2.05) is 17.9 Å². The molecular weight excluding hydrogens is 476 g/mol. The molecule has 1 heterocycles. The standard InChI is InChI=1S/C24H29ClN4O4S/c1-4-5-22(30)29-10-8-28(9-11-29)21-7-6-17(25)14-20(21)26-24(34)27-23(31)16-12-18(32-2)15-19(13-16)33-3/h6-7,12-15H,4-5,8-11H2,1-3H3,(H2,26,27,31,34). The van der Waals surface area contributed by atoms with Gasteiger partial charge in [0.1, 0.15) is 11.5 Å². The van der Waals surface area contributed by atoms with E-state index in [4.69, 9.17) is 33.3 Å². The lowest BCUT2D eigenvalue weighted by molar-refractivity contribution is -0.131. The molecule has 3 rings (SSSR count). The Kier molecular flexibility index (Phi) is 8.95. The van der Waals surface area contributed by atoms with Gasteiger partial charge in [0.2, 0.25) is 5.91 Å². The Labute approximate surface area is 210 Å². The van der Waals surface area contributed by atoms with E-state index < -0.39 is 5.91 Å². The van der Waals surface area contributed by atoms with Gasteiger partial charge >= 0.3 is 0 Å². The highest BCUT2D eigenvalue weighted by Crippen LogP contribution is 2.30. The van der Waals surface area contributed by atoms with Gasteiger partial charge in [0.15, 0.2) is 5.11 Å². The number of amides is 2. The van der Waals surface area contributed by atoms with E-state index in [9.17, 15) is 9.59 Å². The number of carbonyl (C=O) groups is 2. The number of piperazine rings is 1. The highest BCUT2D eigenvalue weighted by atomic mass is 35.5. The molecule has 0 aliphatic carbocycles. The minimum absolute atomic E-state index is 0.132. The molecule has 0 spiro atoms. The number of nitrogens with zero attached hydrogens (tertiary/aromatic N) is 2. The summed E-state index contributed by atoms with van der Waals surface area (Å²) in [5.41, 5.74) is 1.92. The van der Waals surface area contributed by atoms with Gasteiger partial charge in [0.25, 0.3) is 5.91 Å². The molecule has 34 heavy (non-hydrogen) atoms. The van der Waals surface area contributed by atoms with Crippen LogP contribution in [0.5, 0.6) is 11.5 Å². The van der Waals surface area contributed by atoms with Crippen molar-refractivity contribution in [1.82, 2.24) is 10.2 Å². The van der Waals surface area contributed by atoms with Crippen LogP contribution in [0.4, 0.5) is 11.4 Å². The fourth-order valence-corrected chi connectivity index (χ4v) is 4.10. The first-order valence-electron chi connectivity index (χ1n) is 11.0. The molecule has 1 aliphatic heterocycles. The third-order valence-electron chi connectivity index (χ3n) is 5.48. The molecule has 10 heteroatoms. The van der Waals surface area contributed by atoms with E-state index in [0.29, 0.717) is 60.4 Å². The molecule has 0 radical (unpaired) electrons. The molecule has 0 bridgehead atoms. The molecule has 1 aliphatic rings. The van der Waals surface area contributed by atoms with E-state index in [1.165, 1.54) is 14.2 Å². The number of carbonyl (C=O) groups excluding carboxylic acids is 2. The molecule has 0 unspecified atom stereocenters. The number of halogens is 1. The van der Waals surface area contributed by atoms with Gasteiger partial charge in [-0.2, -0.15) is 0 Å². The summed E-state index contributed by atoms with van der Waals surface area (Å²) in [6.45, 7) is 4.69. The summed E-state index contributed by atoms with van der Waals surface area (Å²) in [4.78, 5) is 29.0. The second-order valence-corrected chi connectivity index (χ2v) is 8.63. The van der Waals surface area contributed by atoms with Gasteiger partial charge in [-0.25, -0.2) is 0 Å². The van der Waals surface area contributed by atoms with Crippen molar-refractivity contribution in [2.75, 3.05) is 50.6 Å². The Balaban J connectivity index is 1.69. The number of benzene rings is 2. The zero-order valence-electron chi connectivity index (χ0n) is 19.5. The Morgan fingerprint density at radius 1 is 1.03 bits per heavy atom. The van der Waals surface area contributed by atoms with Crippen molar-refractivity contribution in [3.63, 3.8) is 0 Å². The molecule has 0 aromatic heterocycles. The first-order chi connectivity index (χ1) is 16.3. The number of ether oxygens (including phenoxy) is 2. The van der Waals surface area contributed by atoms with Crippen LogP contribution in [0.2, 0.25) is 5.02 Å². The molecule has 2 aromatic carbocycles. The number of thiocarbonyl (C=S) groups is 1. The predicted molar refractivity (Wildman–Crippen MR) is 138 cm³/mol. The zero-order chi connectivity index (χ0) is 24.7. The molecule has 0 saturated carbocycles. The largest absolute Gasteiger partial charge is 0.497 e. The molecule has 2 aromatic rings. The average Bonchev–Trinajstić information content (AvgIpc) is 2.84. The van der Waals surface area contributed by atoms with Crippen LogP contribution in [0.15, 0.2) is 36.4 Å². The van der Waals surface area contributed by atoms with Gasteiger partial charge in [-0.1, -0.05) is 18.5 Å². The van der Waals surface area contributed by atoms with Gasteiger partial charge in [0, 0.05) is 49.3 Å². The Morgan fingerprint density at radius 3 is 2.26 bits per heavy atom. The average molecular weight is 505 g/mol. The fourth-order valence-electron chi connectivity index (χ4n) is 3.72. The molecule has 182 valence electrons. The highest BCUT2D eigenvalue weighted by Gasteiger charge is 2.23. The lowest BCUT2D eigenvalue weighted by Crippen LogP contribution is -2.49. The number of hydrogen-bond acceptors (Lipinski definition) is 6. The fraction of sp³-hybridized carbons (Fsp3) is 0.375. The Morgan fingerprint density at radius 2 is 1.68 bits per heavy atom. The van der Waals surface area contributed by atoms with Gasteiger partial charge in [0.05, 0.1) is 25.6 Å². The number of rotatable bonds is 7. The number of nitrogens with one attached hydrogen (secondary N) is 2. The van der Waals surface area contributed by atoms with Crippen molar-refractivity contribution in [3.8, 4) is 11.5 Å². The molecule has 1 fully saturated rings. The topological polar surface area (TPSA) is 83.1 Å².